The summed E-state index contributed by atoms with van der Waals surface area (Å²) in [6, 6.07) is 8.72. The number of carboxylic acid groups (broad SMARTS) is 1. The maximum Gasteiger partial charge on any atom is 0.410 e. The number of likely N-dealkylation sites (tertiary alicyclic amines) is 1. The van der Waals surface area contributed by atoms with Crippen molar-refractivity contribution in [2.75, 3.05) is 13.7 Å². The quantitative estimate of drug-likeness (QED) is 0.903. The number of carboxylic acids is 1. The molecular weight excluding hydrogens is 262 g/mol. The highest BCUT2D eigenvalue weighted by Crippen LogP contribution is 2.22. The van der Waals surface area contributed by atoms with E-state index in [1.165, 1.54) is 12.0 Å². The molecule has 1 aromatic rings. The molecule has 1 amide bonds. The van der Waals surface area contributed by atoms with E-state index in [0.717, 1.165) is 5.56 Å². The van der Waals surface area contributed by atoms with Crippen LogP contribution >= 0.6 is 0 Å². The van der Waals surface area contributed by atoms with Crippen molar-refractivity contribution in [3.05, 3.63) is 35.9 Å². The first-order chi connectivity index (χ1) is 9.61. The van der Waals surface area contributed by atoms with Gasteiger partial charge in [-0.3, -0.25) is 4.90 Å². The monoisotopic (exact) mass is 279 g/mol. The van der Waals surface area contributed by atoms with Gasteiger partial charge in [-0.15, -0.1) is 0 Å². The Hall–Kier alpha value is -2.08. The van der Waals surface area contributed by atoms with Crippen LogP contribution in [-0.4, -0.2) is 47.9 Å². The van der Waals surface area contributed by atoms with Crippen LogP contribution in [0.2, 0.25) is 0 Å². The molecule has 20 heavy (non-hydrogen) atoms. The largest absolute Gasteiger partial charge is 0.480 e. The number of amides is 1. The third-order valence-corrected chi connectivity index (χ3v) is 3.29. The molecule has 1 aliphatic heterocycles. The SMILES string of the molecule is COC(=O)N1C[C@H](OCc2ccccc2)C[C@H]1C(=O)O. The minimum atomic E-state index is -1.04. The van der Waals surface area contributed by atoms with Gasteiger partial charge in [0.1, 0.15) is 6.04 Å². The molecule has 0 spiro atoms. The van der Waals surface area contributed by atoms with E-state index < -0.39 is 18.1 Å². The highest BCUT2D eigenvalue weighted by molar-refractivity contribution is 5.80. The number of carbonyl (C=O) groups excluding carboxylic acids is 1. The fourth-order valence-corrected chi connectivity index (χ4v) is 2.26. The van der Waals surface area contributed by atoms with E-state index in [0.29, 0.717) is 6.61 Å². The Kier molecular flexibility index (Phi) is 4.57. The lowest BCUT2D eigenvalue weighted by atomic mass is 10.2. The van der Waals surface area contributed by atoms with E-state index in [1.807, 2.05) is 30.3 Å². The second-order valence-corrected chi connectivity index (χ2v) is 4.63. The van der Waals surface area contributed by atoms with Crippen molar-refractivity contribution in [3.8, 4) is 0 Å². The van der Waals surface area contributed by atoms with E-state index >= 15 is 0 Å². The van der Waals surface area contributed by atoms with Gasteiger partial charge in [0.15, 0.2) is 0 Å². The number of benzene rings is 1. The minimum Gasteiger partial charge on any atom is -0.480 e. The summed E-state index contributed by atoms with van der Waals surface area (Å²) in [6.45, 7) is 0.628. The van der Waals surface area contributed by atoms with Crippen LogP contribution in [0.3, 0.4) is 0 Å². The smallest absolute Gasteiger partial charge is 0.410 e. The van der Waals surface area contributed by atoms with Gasteiger partial charge in [0.2, 0.25) is 0 Å². The van der Waals surface area contributed by atoms with Gasteiger partial charge in [0, 0.05) is 6.42 Å². The lowest BCUT2D eigenvalue weighted by molar-refractivity contribution is -0.141. The Labute approximate surface area is 116 Å². The molecule has 1 fully saturated rings. The molecule has 0 aromatic heterocycles. The molecule has 0 bridgehead atoms. The number of methoxy groups -OCH3 is 1. The van der Waals surface area contributed by atoms with E-state index in [4.69, 9.17) is 9.84 Å². The zero-order valence-corrected chi connectivity index (χ0v) is 11.2. The predicted octanol–water partition coefficient (Wildman–Crippen LogP) is 1.50. The third-order valence-electron chi connectivity index (χ3n) is 3.29. The van der Waals surface area contributed by atoms with Crippen LogP contribution in [0.25, 0.3) is 0 Å². The number of ether oxygens (including phenoxy) is 2. The Morgan fingerprint density at radius 1 is 1.35 bits per heavy atom. The highest BCUT2D eigenvalue weighted by Gasteiger charge is 2.40. The summed E-state index contributed by atoms with van der Waals surface area (Å²) in [7, 11) is 1.24. The Morgan fingerprint density at radius 3 is 2.65 bits per heavy atom. The topological polar surface area (TPSA) is 76.1 Å². The second-order valence-electron chi connectivity index (χ2n) is 4.63. The number of hydrogen-bond acceptors (Lipinski definition) is 4. The van der Waals surface area contributed by atoms with Crippen molar-refractivity contribution in [3.63, 3.8) is 0 Å². The zero-order valence-electron chi connectivity index (χ0n) is 11.2. The molecule has 1 aromatic carbocycles. The average molecular weight is 279 g/mol. The van der Waals surface area contributed by atoms with Crippen LogP contribution in [0.5, 0.6) is 0 Å². The number of carbonyl (C=O) groups is 2. The summed E-state index contributed by atoms with van der Waals surface area (Å²) >= 11 is 0. The fraction of sp³-hybridized carbons (Fsp3) is 0.429. The van der Waals surface area contributed by atoms with E-state index in [2.05, 4.69) is 4.74 Å². The van der Waals surface area contributed by atoms with Gasteiger partial charge >= 0.3 is 12.1 Å². The normalized spacial score (nSPS) is 21.8. The molecular formula is C14H17NO5. The van der Waals surface area contributed by atoms with Crippen LogP contribution in [-0.2, 0) is 20.9 Å². The predicted molar refractivity (Wildman–Crippen MR) is 70.2 cm³/mol. The summed E-state index contributed by atoms with van der Waals surface area (Å²) in [4.78, 5) is 23.9. The number of nitrogens with zero attached hydrogens (tertiary/aromatic N) is 1. The zero-order chi connectivity index (χ0) is 14.5. The van der Waals surface area contributed by atoms with Gasteiger partial charge in [0.05, 0.1) is 26.4 Å². The van der Waals surface area contributed by atoms with Crippen molar-refractivity contribution in [2.24, 2.45) is 0 Å². The van der Waals surface area contributed by atoms with Crippen LogP contribution < -0.4 is 0 Å². The van der Waals surface area contributed by atoms with E-state index in [-0.39, 0.29) is 19.1 Å². The van der Waals surface area contributed by atoms with Crippen molar-refractivity contribution in [2.45, 2.75) is 25.2 Å². The molecule has 0 radical (unpaired) electrons. The lowest BCUT2D eigenvalue weighted by Crippen LogP contribution is -2.40. The number of aliphatic carboxylic acids is 1. The first-order valence-electron chi connectivity index (χ1n) is 6.34. The van der Waals surface area contributed by atoms with Crippen LogP contribution in [0.1, 0.15) is 12.0 Å². The van der Waals surface area contributed by atoms with Crippen molar-refractivity contribution in [1.82, 2.24) is 4.90 Å². The maximum absolute atomic E-state index is 11.5. The van der Waals surface area contributed by atoms with Crippen LogP contribution in [0, 0.1) is 0 Å². The second kappa shape index (κ2) is 6.38. The van der Waals surface area contributed by atoms with E-state index in [9.17, 15) is 9.59 Å². The molecule has 1 saturated heterocycles. The minimum absolute atomic E-state index is 0.233. The molecule has 0 aliphatic carbocycles. The molecule has 2 rings (SSSR count). The number of rotatable bonds is 4. The van der Waals surface area contributed by atoms with Gasteiger partial charge in [-0.05, 0) is 5.56 Å². The first kappa shape index (κ1) is 14.3. The molecule has 108 valence electrons. The highest BCUT2D eigenvalue weighted by atomic mass is 16.5. The summed E-state index contributed by atoms with van der Waals surface area (Å²) < 4.78 is 10.3. The average Bonchev–Trinajstić information content (AvgIpc) is 2.90. The Bertz CT molecular complexity index is 476. The van der Waals surface area contributed by atoms with Crippen molar-refractivity contribution in [1.29, 1.82) is 0 Å². The van der Waals surface area contributed by atoms with Gasteiger partial charge in [-0.25, -0.2) is 9.59 Å². The van der Waals surface area contributed by atoms with Crippen molar-refractivity contribution >= 4 is 12.1 Å². The number of hydrogen-bond donors (Lipinski definition) is 1. The van der Waals surface area contributed by atoms with Gasteiger partial charge in [-0.2, -0.15) is 0 Å². The van der Waals surface area contributed by atoms with Crippen LogP contribution in [0.15, 0.2) is 30.3 Å². The molecule has 0 unspecified atom stereocenters. The molecule has 2 atom stereocenters. The third kappa shape index (κ3) is 3.27. The molecule has 1 heterocycles. The standard InChI is InChI=1S/C14H17NO5/c1-19-14(18)15-8-11(7-12(15)13(16)17)20-9-10-5-3-2-4-6-10/h2-6,11-12H,7-9H2,1H3,(H,16,17)/t11-,12+/m1/s1. The van der Waals surface area contributed by atoms with Gasteiger partial charge in [-0.1, -0.05) is 30.3 Å². The fourth-order valence-electron chi connectivity index (χ4n) is 2.26. The molecule has 1 N–H and O–H groups in total. The summed E-state index contributed by atoms with van der Waals surface area (Å²) in [5.41, 5.74) is 1.01. The lowest BCUT2D eigenvalue weighted by Gasteiger charge is -2.19. The first-order valence-corrected chi connectivity index (χ1v) is 6.34. The van der Waals surface area contributed by atoms with Crippen molar-refractivity contribution < 1.29 is 24.2 Å². The molecule has 0 saturated carbocycles. The summed E-state index contributed by atoms with van der Waals surface area (Å²) in [6.07, 6.45) is -0.657. The van der Waals surface area contributed by atoms with E-state index in [1.54, 1.807) is 0 Å². The molecule has 6 nitrogen and oxygen atoms in total. The summed E-state index contributed by atoms with van der Waals surface area (Å²) in [5, 5.41) is 9.13. The maximum atomic E-state index is 11.5. The molecule has 1 aliphatic rings. The Morgan fingerprint density at radius 2 is 2.05 bits per heavy atom. The van der Waals surface area contributed by atoms with Crippen LogP contribution in [0.4, 0.5) is 4.79 Å². The summed E-state index contributed by atoms with van der Waals surface area (Å²) in [5.74, 6) is -1.04. The molecule has 6 heteroatoms. The van der Waals surface area contributed by atoms with Gasteiger partial charge < -0.3 is 14.6 Å². The van der Waals surface area contributed by atoms with Gasteiger partial charge in [0.25, 0.3) is 0 Å². The Balaban J connectivity index is 1.94.